The fourth-order valence-corrected chi connectivity index (χ4v) is 3.41. The molecule has 1 N–H and O–H groups in total. The Morgan fingerprint density at radius 3 is 2.68 bits per heavy atom. The summed E-state index contributed by atoms with van der Waals surface area (Å²) >= 11 is 1.56. The minimum Gasteiger partial charge on any atom is -0.322 e. The number of anilines is 1. The number of rotatable bonds is 3. The number of aromatic nitrogens is 3. The van der Waals surface area contributed by atoms with Crippen molar-refractivity contribution in [2.75, 3.05) is 5.32 Å². The van der Waals surface area contributed by atoms with Gasteiger partial charge in [-0.05, 0) is 38.1 Å². The molecule has 0 aliphatic carbocycles. The van der Waals surface area contributed by atoms with Crippen molar-refractivity contribution in [1.29, 1.82) is 0 Å². The highest BCUT2D eigenvalue weighted by Crippen LogP contribution is 2.22. The fourth-order valence-electron chi connectivity index (χ4n) is 2.85. The molecule has 1 aromatic carbocycles. The summed E-state index contributed by atoms with van der Waals surface area (Å²) in [6, 6.07) is 11.5. The smallest absolute Gasteiger partial charge is 0.259 e. The number of hydrogen-bond donors (Lipinski definition) is 1. The maximum Gasteiger partial charge on any atom is 0.259 e. The predicted octanol–water partition coefficient (Wildman–Crippen LogP) is 4.33. The molecule has 0 radical (unpaired) electrons. The third kappa shape index (κ3) is 2.92. The molecule has 6 heteroatoms. The maximum absolute atomic E-state index is 12.7. The fraction of sp³-hybridized carbons (Fsp3) is 0.105. The van der Waals surface area contributed by atoms with Gasteiger partial charge in [-0.3, -0.25) is 4.79 Å². The number of nitrogens with one attached hydrogen (secondary N) is 1. The molecule has 25 heavy (non-hydrogen) atoms. The van der Waals surface area contributed by atoms with E-state index in [-0.39, 0.29) is 5.91 Å². The van der Waals surface area contributed by atoms with Crippen LogP contribution < -0.4 is 5.32 Å². The van der Waals surface area contributed by atoms with Crippen molar-refractivity contribution in [3.05, 3.63) is 70.4 Å². The Balaban J connectivity index is 1.60. The molecule has 1 amide bonds. The van der Waals surface area contributed by atoms with E-state index in [4.69, 9.17) is 0 Å². The molecule has 4 rings (SSSR count). The molecular weight excluding hydrogens is 332 g/mol. The molecule has 3 heterocycles. The van der Waals surface area contributed by atoms with E-state index in [1.807, 2.05) is 60.2 Å². The Morgan fingerprint density at radius 2 is 1.96 bits per heavy atom. The lowest BCUT2D eigenvalue weighted by molar-refractivity contribution is 0.102. The molecule has 124 valence electrons. The SMILES string of the molecule is Cc1cc(C)n2ccc(C(=O)Nc3ccc(-c4cscn4)cc3)c2n1. The highest BCUT2D eigenvalue weighted by atomic mass is 32.1. The van der Waals surface area contributed by atoms with E-state index in [1.165, 1.54) is 0 Å². The monoisotopic (exact) mass is 348 g/mol. The van der Waals surface area contributed by atoms with E-state index in [0.717, 1.165) is 28.3 Å². The molecule has 0 aliphatic heterocycles. The van der Waals surface area contributed by atoms with E-state index >= 15 is 0 Å². The number of carbonyl (C=O) groups excluding carboxylic acids is 1. The number of benzene rings is 1. The zero-order valence-corrected chi connectivity index (χ0v) is 14.7. The Hall–Kier alpha value is -2.99. The quantitative estimate of drug-likeness (QED) is 0.599. The van der Waals surface area contributed by atoms with Crippen molar-refractivity contribution in [3.63, 3.8) is 0 Å². The summed E-state index contributed by atoms with van der Waals surface area (Å²) in [7, 11) is 0. The lowest BCUT2D eigenvalue weighted by atomic mass is 10.1. The van der Waals surface area contributed by atoms with Gasteiger partial charge in [0.15, 0.2) is 0 Å². The summed E-state index contributed by atoms with van der Waals surface area (Å²) in [5.74, 6) is -0.165. The Bertz CT molecular complexity index is 1050. The van der Waals surface area contributed by atoms with E-state index in [9.17, 15) is 4.79 Å². The summed E-state index contributed by atoms with van der Waals surface area (Å²) in [6.45, 7) is 3.93. The number of amides is 1. The van der Waals surface area contributed by atoms with Gasteiger partial charge in [-0.15, -0.1) is 11.3 Å². The van der Waals surface area contributed by atoms with Gasteiger partial charge in [0.05, 0.1) is 16.8 Å². The largest absolute Gasteiger partial charge is 0.322 e. The van der Waals surface area contributed by atoms with Crippen molar-refractivity contribution >= 4 is 28.6 Å². The van der Waals surface area contributed by atoms with E-state index in [2.05, 4.69) is 15.3 Å². The molecule has 0 bridgehead atoms. The van der Waals surface area contributed by atoms with Crippen LogP contribution in [0.4, 0.5) is 5.69 Å². The number of aryl methyl sites for hydroxylation is 2. The first-order chi connectivity index (χ1) is 12.1. The molecule has 4 aromatic rings. The summed E-state index contributed by atoms with van der Waals surface area (Å²) in [6.07, 6.45) is 1.87. The zero-order valence-electron chi connectivity index (χ0n) is 13.9. The van der Waals surface area contributed by atoms with Gasteiger partial charge in [-0.2, -0.15) is 0 Å². The Kier molecular flexibility index (Phi) is 3.82. The molecule has 0 fully saturated rings. The topological polar surface area (TPSA) is 59.3 Å². The number of hydrogen-bond acceptors (Lipinski definition) is 4. The first-order valence-electron chi connectivity index (χ1n) is 7.87. The standard InChI is InChI=1S/C19H16N4OS/c1-12-9-13(2)23-8-7-16(18(23)21-12)19(24)22-15-5-3-14(4-6-15)17-10-25-11-20-17/h3-11H,1-2H3,(H,22,24). The summed E-state index contributed by atoms with van der Waals surface area (Å²) in [5, 5.41) is 4.94. The van der Waals surface area contributed by atoms with Gasteiger partial charge in [0, 0.05) is 34.2 Å². The number of thiazole rings is 1. The van der Waals surface area contributed by atoms with Gasteiger partial charge < -0.3 is 9.72 Å². The Morgan fingerprint density at radius 1 is 1.16 bits per heavy atom. The van der Waals surface area contributed by atoms with E-state index in [1.54, 1.807) is 22.9 Å². The molecule has 3 aromatic heterocycles. The van der Waals surface area contributed by atoms with Crippen molar-refractivity contribution in [2.24, 2.45) is 0 Å². The van der Waals surface area contributed by atoms with Crippen LogP contribution in [0.25, 0.3) is 16.9 Å². The molecule has 0 saturated carbocycles. The van der Waals surface area contributed by atoms with Crippen LogP contribution in [0.3, 0.4) is 0 Å². The van der Waals surface area contributed by atoms with Crippen LogP contribution in [0.2, 0.25) is 0 Å². The average molecular weight is 348 g/mol. The van der Waals surface area contributed by atoms with Crippen LogP contribution in [0.5, 0.6) is 0 Å². The van der Waals surface area contributed by atoms with Crippen LogP contribution in [0.15, 0.2) is 53.5 Å². The summed E-state index contributed by atoms with van der Waals surface area (Å²) in [5.41, 5.74) is 7.70. The van der Waals surface area contributed by atoms with Gasteiger partial charge in [0.25, 0.3) is 5.91 Å². The third-order valence-electron chi connectivity index (χ3n) is 4.05. The summed E-state index contributed by atoms with van der Waals surface area (Å²) in [4.78, 5) is 21.4. The van der Waals surface area contributed by atoms with Crippen molar-refractivity contribution in [2.45, 2.75) is 13.8 Å². The second-order valence-corrected chi connectivity index (χ2v) is 6.59. The molecule has 0 spiro atoms. The van der Waals surface area contributed by atoms with Crippen molar-refractivity contribution in [3.8, 4) is 11.3 Å². The van der Waals surface area contributed by atoms with Gasteiger partial charge in [0.2, 0.25) is 0 Å². The number of fused-ring (bicyclic) bond motifs is 1. The second kappa shape index (κ2) is 6.14. The average Bonchev–Trinajstić information content (AvgIpc) is 3.25. The zero-order chi connectivity index (χ0) is 17.4. The second-order valence-electron chi connectivity index (χ2n) is 5.87. The summed E-state index contributed by atoms with van der Waals surface area (Å²) < 4.78 is 1.92. The molecule has 0 aliphatic rings. The first kappa shape index (κ1) is 15.5. The first-order valence-corrected chi connectivity index (χ1v) is 8.81. The molecule has 5 nitrogen and oxygen atoms in total. The lowest BCUT2D eigenvalue weighted by Gasteiger charge is -2.07. The maximum atomic E-state index is 12.7. The van der Waals surface area contributed by atoms with Crippen LogP contribution in [-0.2, 0) is 0 Å². The number of carbonyl (C=O) groups is 1. The molecule has 0 atom stereocenters. The Labute approximate surface area is 149 Å². The molecular formula is C19H16N4OS. The van der Waals surface area contributed by atoms with Crippen LogP contribution >= 0.6 is 11.3 Å². The van der Waals surface area contributed by atoms with Gasteiger partial charge in [-0.25, -0.2) is 9.97 Å². The normalized spacial score (nSPS) is 11.0. The van der Waals surface area contributed by atoms with Gasteiger partial charge >= 0.3 is 0 Å². The minimum atomic E-state index is -0.165. The van der Waals surface area contributed by atoms with Crippen LogP contribution in [0, 0.1) is 13.8 Å². The highest BCUT2D eigenvalue weighted by Gasteiger charge is 2.14. The third-order valence-corrected chi connectivity index (χ3v) is 4.64. The van der Waals surface area contributed by atoms with E-state index < -0.39 is 0 Å². The van der Waals surface area contributed by atoms with Crippen LogP contribution in [-0.4, -0.2) is 20.3 Å². The molecule has 0 saturated heterocycles. The van der Waals surface area contributed by atoms with Crippen molar-refractivity contribution < 1.29 is 4.79 Å². The highest BCUT2D eigenvalue weighted by molar-refractivity contribution is 7.07. The lowest BCUT2D eigenvalue weighted by Crippen LogP contribution is -2.12. The number of nitrogens with zero attached hydrogens (tertiary/aromatic N) is 3. The van der Waals surface area contributed by atoms with Gasteiger partial charge in [0.1, 0.15) is 5.65 Å². The minimum absolute atomic E-state index is 0.165. The van der Waals surface area contributed by atoms with Crippen molar-refractivity contribution in [1.82, 2.24) is 14.4 Å². The van der Waals surface area contributed by atoms with E-state index in [0.29, 0.717) is 11.2 Å². The van der Waals surface area contributed by atoms with Crippen LogP contribution in [0.1, 0.15) is 21.7 Å². The molecule has 0 unspecified atom stereocenters. The predicted molar refractivity (Wildman–Crippen MR) is 100 cm³/mol. The van der Waals surface area contributed by atoms with Gasteiger partial charge in [-0.1, -0.05) is 12.1 Å².